The van der Waals surface area contributed by atoms with Crippen LogP contribution < -0.4 is 5.32 Å². The Labute approximate surface area is 126 Å². The lowest BCUT2D eigenvalue weighted by Gasteiger charge is -2.58. The van der Waals surface area contributed by atoms with Gasteiger partial charge in [-0.25, -0.2) is 0 Å². The molecule has 23 heavy (non-hydrogen) atoms. The van der Waals surface area contributed by atoms with E-state index >= 15 is 0 Å². The molecule has 14 nitrogen and oxygen atoms in total. The molecular weight excluding hydrogens is 330 g/mol. The van der Waals surface area contributed by atoms with Crippen molar-refractivity contribution in [2.75, 3.05) is 7.05 Å². The van der Waals surface area contributed by atoms with Crippen LogP contribution in [0, 0.1) is 0 Å². The molecule has 0 aromatic heterocycles. The summed E-state index contributed by atoms with van der Waals surface area (Å²) < 4.78 is 0. The minimum absolute atomic E-state index is 0.617. The fraction of sp³-hybridized carbons (Fsp3) is 1.00. The lowest BCUT2D eigenvalue weighted by molar-refractivity contribution is -0.531. The summed E-state index contributed by atoms with van der Waals surface area (Å²) in [7, 11) is 0.617. The van der Waals surface area contributed by atoms with Crippen LogP contribution in [-0.4, -0.2) is 119 Å². The molecule has 0 amide bonds. The first kappa shape index (κ1) is 18.8. The van der Waals surface area contributed by atoms with Gasteiger partial charge >= 0.3 is 0 Å². The van der Waals surface area contributed by atoms with E-state index < -0.39 is 45.9 Å². The largest absolute Gasteiger partial charge is 0.376 e. The number of hydrogen-bond donors (Lipinski definition) is 14. The first-order valence-corrected chi connectivity index (χ1v) is 5.91. The summed E-state index contributed by atoms with van der Waals surface area (Å²) in [4.78, 5) is 0. The topological polar surface area (TPSA) is 275 Å². The molecular formula is C9H17NO13. The molecule has 2 aliphatic carbocycles. The fourth-order valence-corrected chi connectivity index (χ4v) is 3.43. The van der Waals surface area contributed by atoms with Crippen LogP contribution in [0.15, 0.2) is 0 Å². The molecule has 3 atom stereocenters. The standard InChI is InChI=1S/C9H17NO13/c1-10-9(22,23)3(12)2(11)5(14,15)4(13,6(3,16)17)8(20,21)7(2,18)19/h10-23H,1H3. The van der Waals surface area contributed by atoms with Gasteiger partial charge in [-0.2, -0.15) is 0 Å². The summed E-state index contributed by atoms with van der Waals surface area (Å²) in [5.41, 5.74) is -14.1. The second-order valence-electron chi connectivity index (χ2n) is 5.74. The first-order valence-electron chi connectivity index (χ1n) is 5.91. The molecule has 14 heteroatoms. The number of aliphatic hydroxyl groups is 13. The highest BCUT2D eigenvalue weighted by Crippen LogP contribution is 2.72. The summed E-state index contributed by atoms with van der Waals surface area (Å²) in [5.74, 6) is -23.0. The summed E-state index contributed by atoms with van der Waals surface area (Å²) in [6.45, 7) is 0. The minimum atomic E-state index is -4.76. The molecule has 0 radical (unpaired) electrons. The molecule has 0 aromatic carbocycles. The summed E-state index contributed by atoms with van der Waals surface area (Å²) in [6.07, 6.45) is 0. The second kappa shape index (κ2) is 3.82. The Morgan fingerprint density at radius 3 is 1.22 bits per heavy atom. The summed E-state index contributed by atoms with van der Waals surface area (Å²) >= 11 is 0. The molecule has 3 unspecified atom stereocenters. The van der Waals surface area contributed by atoms with Gasteiger partial charge in [-0.05, 0) is 7.05 Å². The zero-order valence-corrected chi connectivity index (χ0v) is 11.3. The Morgan fingerprint density at radius 2 is 0.913 bits per heavy atom. The van der Waals surface area contributed by atoms with E-state index in [2.05, 4.69) is 0 Å². The predicted octanol–water partition coefficient (Wildman–Crippen LogP) is -9.21. The highest BCUT2D eigenvalue weighted by atomic mass is 16.7. The summed E-state index contributed by atoms with van der Waals surface area (Å²) in [5, 5.41) is 129. The average Bonchev–Trinajstić information content (AvgIpc) is 2.52. The number of nitrogens with one attached hydrogen (secondary N) is 1. The van der Waals surface area contributed by atoms with Gasteiger partial charge in [-0.3, -0.25) is 5.32 Å². The molecule has 136 valence electrons. The number of likely N-dealkylation sites (N-methyl/N-ethyl adjacent to an activating group) is 1. The average molecular weight is 347 g/mol. The minimum Gasteiger partial charge on any atom is -0.376 e. The first-order chi connectivity index (χ1) is 9.81. The lowest BCUT2D eigenvalue weighted by Crippen LogP contribution is -2.92. The Bertz CT molecular complexity index is 558. The van der Waals surface area contributed by atoms with Crippen LogP contribution >= 0.6 is 0 Å². The van der Waals surface area contributed by atoms with E-state index in [1.807, 2.05) is 0 Å². The van der Waals surface area contributed by atoms with Gasteiger partial charge in [0.05, 0.1) is 0 Å². The Hall–Kier alpha value is -0.560. The number of hydrogen-bond acceptors (Lipinski definition) is 14. The fourth-order valence-electron chi connectivity index (χ4n) is 3.43. The molecule has 2 aliphatic rings. The van der Waals surface area contributed by atoms with Crippen LogP contribution in [0.2, 0.25) is 0 Å². The third kappa shape index (κ3) is 1.16. The van der Waals surface area contributed by atoms with Crippen molar-refractivity contribution in [3.05, 3.63) is 0 Å². The summed E-state index contributed by atoms with van der Waals surface area (Å²) in [6, 6.07) is 0. The molecule has 0 spiro atoms. The maximum atomic E-state index is 10.2. The third-order valence-corrected chi connectivity index (χ3v) is 4.89. The Balaban J connectivity index is 3.05. The molecule has 14 N–H and O–H groups in total. The van der Waals surface area contributed by atoms with Crippen LogP contribution in [0.25, 0.3) is 0 Å². The van der Waals surface area contributed by atoms with E-state index in [-0.39, 0.29) is 0 Å². The maximum Gasteiger partial charge on any atom is 0.263 e. The van der Waals surface area contributed by atoms with E-state index in [4.69, 9.17) is 0 Å². The van der Waals surface area contributed by atoms with E-state index in [1.165, 1.54) is 5.32 Å². The van der Waals surface area contributed by atoms with Gasteiger partial charge in [0.1, 0.15) is 0 Å². The van der Waals surface area contributed by atoms with Crippen molar-refractivity contribution in [1.29, 1.82) is 0 Å². The normalized spacial score (nSPS) is 46.2. The SMILES string of the molecule is CNC(O)(O)C1(O)C(O)(O)C2(O)C(O)(O)C(O)(O)C1(O)C2(O)O. The Morgan fingerprint density at radius 1 is 0.565 bits per heavy atom. The van der Waals surface area contributed by atoms with Crippen LogP contribution in [0.1, 0.15) is 0 Å². The van der Waals surface area contributed by atoms with Gasteiger partial charge in [-0.1, -0.05) is 0 Å². The van der Waals surface area contributed by atoms with Crippen LogP contribution in [0.3, 0.4) is 0 Å². The Kier molecular flexibility index (Phi) is 3.12. The van der Waals surface area contributed by atoms with E-state index in [1.54, 1.807) is 0 Å². The molecule has 0 aromatic rings. The van der Waals surface area contributed by atoms with Crippen LogP contribution in [-0.2, 0) is 0 Å². The second-order valence-corrected chi connectivity index (χ2v) is 5.74. The van der Waals surface area contributed by atoms with Crippen LogP contribution in [0.5, 0.6) is 0 Å². The van der Waals surface area contributed by atoms with E-state index in [0.29, 0.717) is 7.05 Å². The quantitative estimate of drug-likeness (QED) is 0.206. The lowest BCUT2D eigenvalue weighted by atomic mass is 9.66. The van der Waals surface area contributed by atoms with Crippen molar-refractivity contribution in [1.82, 2.24) is 5.32 Å². The van der Waals surface area contributed by atoms with Gasteiger partial charge in [0.15, 0.2) is 0 Å². The smallest absolute Gasteiger partial charge is 0.263 e. The molecule has 0 aliphatic heterocycles. The molecule has 2 bridgehead atoms. The zero-order chi connectivity index (χ0) is 18.7. The maximum absolute atomic E-state index is 10.2. The molecule has 0 heterocycles. The monoisotopic (exact) mass is 347 g/mol. The van der Waals surface area contributed by atoms with Gasteiger partial charge in [0, 0.05) is 0 Å². The molecule has 0 saturated heterocycles. The molecule has 2 fully saturated rings. The highest BCUT2D eigenvalue weighted by Gasteiger charge is 3.09. The third-order valence-electron chi connectivity index (χ3n) is 4.89. The number of fused-ring (bicyclic) bond motifs is 2. The van der Waals surface area contributed by atoms with Crippen molar-refractivity contribution in [2.45, 2.75) is 45.9 Å². The van der Waals surface area contributed by atoms with Crippen molar-refractivity contribution in [2.24, 2.45) is 0 Å². The predicted molar refractivity (Wildman–Crippen MR) is 59.8 cm³/mol. The highest BCUT2D eigenvalue weighted by molar-refractivity contribution is 5.47. The molecule has 2 rings (SSSR count). The molecule has 2 saturated carbocycles. The number of rotatable bonds is 2. The van der Waals surface area contributed by atoms with Gasteiger partial charge in [0.2, 0.25) is 28.4 Å². The zero-order valence-electron chi connectivity index (χ0n) is 11.3. The van der Waals surface area contributed by atoms with Crippen molar-refractivity contribution in [3.63, 3.8) is 0 Å². The van der Waals surface area contributed by atoms with Gasteiger partial charge < -0.3 is 66.4 Å². The van der Waals surface area contributed by atoms with E-state index in [0.717, 1.165) is 0 Å². The van der Waals surface area contributed by atoms with Gasteiger partial charge in [-0.15, -0.1) is 0 Å². The van der Waals surface area contributed by atoms with E-state index in [9.17, 15) is 66.4 Å². The van der Waals surface area contributed by atoms with Crippen molar-refractivity contribution in [3.8, 4) is 0 Å². The van der Waals surface area contributed by atoms with Crippen molar-refractivity contribution >= 4 is 0 Å². The van der Waals surface area contributed by atoms with Crippen LogP contribution in [0.4, 0.5) is 0 Å². The van der Waals surface area contributed by atoms with Crippen molar-refractivity contribution < 1.29 is 66.4 Å². The van der Waals surface area contributed by atoms with Gasteiger partial charge in [0.25, 0.3) is 17.5 Å².